The van der Waals surface area contributed by atoms with E-state index in [0.717, 1.165) is 31.2 Å². The molecule has 0 spiro atoms. The largest absolute Gasteiger partial charge is 0.451 e. The lowest BCUT2D eigenvalue weighted by atomic mass is 9.95. The van der Waals surface area contributed by atoms with Crippen molar-refractivity contribution in [3.8, 4) is 11.1 Å². The van der Waals surface area contributed by atoms with Crippen LogP contribution in [0.25, 0.3) is 21.9 Å². The number of nitrogens with zero attached hydrogens (tertiary/aromatic N) is 1. The molecule has 3 aromatic rings. The van der Waals surface area contributed by atoms with Crippen molar-refractivity contribution in [3.05, 3.63) is 70.6 Å². The van der Waals surface area contributed by atoms with Crippen LogP contribution in [-0.4, -0.2) is 29.1 Å². The molecule has 1 amide bonds. The number of fused-ring (bicyclic) bond motifs is 1. The number of ether oxygens (including phenoxy) is 1. The van der Waals surface area contributed by atoms with Gasteiger partial charge in [0, 0.05) is 24.0 Å². The minimum Gasteiger partial charge on any atom is -0.451 e. The van der Waals surface area contributed by atoms with Crippen LogP contribution >= 0.6 is 0 Å². The van der Waals surface area contributed by atoms with Crippen LogP contribution in [0, 0.1) is 0 Å². The van der Waals surface area contributed by atoms with E-state index in [0.29, 0.717) is 16.3 Å². The molecule has 0 unspecified atom stereocenters. The first kappa shape index (κ1) is 20.8. The lowest BCUT2D eigenvalue weighted by Crippen LogP contribution is -2.39. The summed E-state index contributed by atoms with van der Waals surface area (Å²) in [6.07, 6.45) is 5.31. The Balaban J connectivity index is 1.66. The molecule has 1 aromatic heterocycles. The van der Waals surface area contributed by atoms with Crippen molar-refractivity contribution < 1.29 is 14.3 Å². The molecular formula is C25H26N2O4. The second-order valence-electron chi connectivity index (χ2n) is 7.98. The van der Waals surface area contributed by atoms with Crippen molar-refractivity contribution in [1.29, 1.82) is 0 Å². The minimum absolute atomic E-state index is 0.139. The third-order valence-corrected chi connectivity index (χ3v) is 5.86. The second-order valence-corrected chi connectivity index (χ2v) is 7.98. The first-order chi connectivity index (χ1) is 15.1. The van der Waals surface area contributed by atoms with E-state index in [1.807, 2.05) is 42.5 Å². The van der Waals surface area contributed by atoms with Crippen LogP contribution in [0.3, 0.4) is 0 Å². The maximum Gasteiger partial charge on any atom is 0.356 e. The standard InChI is InChI=1S/C25H26N2O4/c1-27-23(25(30)31-16-21(28)26-18-12-6-3-7-13-18)22(17-10-4-2-5-11-17)19-14-8-9-15-20(19)24(27)29/h2,4-5,8-11,14-15,18H,3,6-7,12-13,16H2,1H3,(H,26,28). The Morgan fingerprint density at radius 3 is 2.32 bits per heavy atom. The quantitative estimate of drug-likeness (QED) is 0.639. The monoisotopic (exact) mass is 418 g/mol. The summed E-state index contributed by atoms with van der Waals surface area (Å²) in [5.74, 6) is -1.00. The van der Waals surface area contributed by atoms with E-state index in [9.17, 15) is 14.4 Å². The van der Waals surface area contributed by atoms with Gasteiger partial charge in [-0.05, 0) is 29.9 Å². The summed E-state index contributed by atoms with van der Waals surface area (Å²) >= 11 is 0. The fourth-order valence-electron chi connectivity index (χ4n) is 4.32. The summed E-state index contributed by atoms with van der Waals surface area (Å²) in [5, 5.41) is 4.14. The van der Waals surface area contributed by atoms with E-state index in [1.165, 1.54) is 11.0 Å². The number of nitrogens with one attached hydrogen (secondary N) is 1. The molecule has 1 aliphatic rings. The van der Waals surface area contributed by atoms with Gasteiger partial charge < -0.3 is 14.6 Å². The van der Waals surface area contributed by atoms with Gasteiger partial charge in [-0.25, -0.2) is 4.79 Å². The van der Waals surface area contributed by atoms with E-state index >= 15 is 0 Å². The summed E-state index contributed by atoms with van der Waals surface area (Å²) in [6.45, 7) is -0.370. The third-order valence-electron chi connectivity index (χ3n) is 5.86. The molecule has 0 radical (unpaired) electrons. The molecule has 1 N–H and O–H groups in total. The van der Waals surface area contributed by atoms with Gasteiger partial charge in [0.05, 0.1) is 0 Å². The molecule has 2 aromatic carbocycles. The number of carbonyl (C=O) groups is 2. The number of aromatic nitrogens is 1. The summed E-state index contributed by atoms with van der Waals surface area (Å²) in [5.41, 5.74) is 1.28. The number of benzene rings is 2. The number of hydrogen-bond acceptors (Lipinski definition) is 4. The first-order valence-electron chi connectivity index (χ1n) is 10.7. The number of carbonyl (C=O) groups excluding carboxylic acids is 2. The van der Waals surface area contributed by atoms with Gasteiger partial charge in [-0.3, -0.25) is 9.59 Å². The fraction of sp³-hybridized carbons (Fsp3) is 0.320. The van der Waals surface area contributed by atoms with Gasteiger partial charge in [0.2, 0.25) is 0 Å². The maximum atomic E-state index is 13.1. The van der Waals surface area contributed by atoms with Crippen molar-refractivity contribution in [2.24, 2.45) is 7.05 Å². The predicted octanol–water partition coefficient (Wildman–Crippen LogP) is 3.81. The molecule has 6 nitrogen and oxygen atoms in total. The van der Waals surface area contributed by atoms with Crippen LogP contribution in [-0.2, 0) is 16.6 Å². The summed E-state index contributed by atoms with van der Waals surface area (Å²) in [6, 6.07) is 16.8. The van der Waals surface area contributed by atoms with Crippen LogP contribution < -0.4 is 10.9 Å². The molecule has 4 rings (SSSR count). The lowest BCUT2D eigenvalue weighted by molar-refractivity contribution is -0.125. The molecule has 0 atom stereocenters. The molecule has 1 saturated carbocycles. The summed E-state index contributed by atoms with van der Waals surface area (Å²) < 4.78 is 6.68. The zero-order chi connectivity index (χ0) is 21.8. The smallest absolute Gasteiger partial charge is 0.356 e. The third kappa shape index (κ3) is 4.38. The van der Waals surface area contributed by atoms with Crippen LogP contribution in [0.15, 0.2) is 59.4 Å². The topological polar surface area (TPSA) is 77.4 Å². The molecule has 0 aliphatic heterocycles. The van der Waals surface area contributed by atoms with E-state index < -0.39 is 5.97 Å². The summed E-state index contributed by atoms with van der Waals surface area (Å²) in [4.78, 5) is 38.3. The maximum absolute atomic E-state index is 13.1. The minimum atomic E-state index is -0.692. The second kappa shape index (κ2) is 9.16. The van der Waals surface area contributed by atoms with Crippen LogP contribution in [0.4, 0.5) is 0 Å². The number of hydrogen-bond donors (Lipinski definition) is 1. The van der Waals surface area contributed by atoms with Crippen LogP contribution in [0.1, 0.15) is 42.6 Å². The lowest BCUT2D eigenvalue weighted by Gasteiger charge is -2.22. The predicted molar refractivity (Wildman–Crippen MR) is 120 cm³/mol. The van der Waals surface area contributed by atoms with Gasteiger partial charge in [-0.15, -0.1) is 0 Å². The Kier molecular flexibility index (Phi) is 6.16. The van der Waals surface area contributed by atoms with Gasteiger partial charge in [-0.2, -0.15) is 0 Å². The molecule has 0 saturated heterocycles. The average Bonchev–Trinajstić information content (AvgIpc) is 2.81. The van der Waals surface area contributed by atoms with E-state index in [1.54, 1.807) is 19.2 Å². The molecule has 1 heterocycles. The highest BCUT2D eigenvalue weighted by atomic mass is 16.5. The SMILES string of the molecule is Cn1c(C(=O)OCC(=O)NC2CCCCC2)c(-c2ccccc2)c2ccccc2c1=O. The van der Waals surface area contributed by atoms with E-state index in [2.05, 4.69) is 5.32 Å². The molecular weight excluding hydrogens is 392 g/mol. The first-order valence-corrected chi connectivity index (χ1v) is 10.7. The molecule has 160 valence electrons. The van der Waals surface area contributed by atoms with Gasteiger partial charge in [0.15, 0.2) is 6.61 Å². The van der Waals surface area contributed by atoms with Gasteiger partial charge in [-0.1, -0.05) is 67.8 Å². The summed E-state index contributed by atoms with van der Waals surface area (Å²) in [7, 11) is 1.56. The van der Waals surface area contributed by atoms with Gasteiger partial charge in [0.1, 0.15) is 5.69 Å². The normalized spacial score (nSPS) is 14.4. The van der Waals surface area contributed by atoms with Gasteiger partial charge >= 0.3 is 5.97 Å². The van der Waals surface area contributed by atoms with Crippen molar-refractivity contribution in [2.45, 2.75) is 38.1 Å². The number of rotatable bonds is 5. The number of pyridine rings is 1. The molecule has 1 aliphatic carbocycles. The highest BCUT2D eigenvalue weighted by molar-refractivity contribution is 6.06. The Hall–Kier alpha value is -3.41. The van der Waals surface area contributed by atoms with Crippen LogP contribution in [0.5, 0.6) is 0 Å². The molecule has 6 heteroatoms. The van der Waals surface area contributed by atoms with E-state index in [4.69, 9.17) is 4.74 Å². The molecule has 0 bridgehead atoms. The Labute approximate surface area is 180 Å². The fourth-order valence-corrected chi connectivity index (χ4v) is 4.32. The van der Waals surface area contributed by atoms with Gasteiger partial charge in [0.25, 0.3) is 11.5 Å². The number of amides is 1. The molecule has 31 heavy (non-hydrogen) atoms. The number of esters is 1. The Bertz CT molecular complexity index is 1160. The highest BCUT2D eigenvalue weighted by Gasteiger charge is 2.24. The zero-order valence-corrected chi connectivity index (χ0v) is 17.6. The van der Waals surface area contributed by atoms with E-state index in [-0.39, 0.29) is 29.8 Å². The van der Waals surface area contributed by atoms with Crippen molar-refractivity contribution in [2.75, 3.05) is 6.61 Å². The van der Waals surface area contributed by atoms with Crippen molar-refractivity contribution in [3.63, 3.8) is 0 Å². The Morgan fingerprint density at radius 1 is 0.968 bits per heavy atom. The zero-order valence-electron chi connectivity index (χ0n) is 17.6. The van der Waals surface area contributed by atoms with Crippen LogP contribution in [0.2, 0.25) is 0 Å². The Morgan fingerprint density at radius 2 is 1.61 bits per heavy atom. The molecule has 1 fully saturated rings. The van der Waals surface area contributed by atoms with Crippen molar-refractivity contribution in [1.82, 2.24) is 9.88 Å². The highest BCUT2D eigenvalue weighted by Crippen LogP contribution is 2.30. The van der Waals surface area contributed by atoms with Crippen molar-refractivity contribution >= 4 is 22.6 Å². The average molecular weight is 418 g/mol.